The highest BCUT2D eigenvalue weighted by Gasteiger charge is 2.20. The minimum Gasteiger partial charge on any atom is -0.307 e. The summed E-state index contributed by atoms with van der Waals surface area (Å²) in [6.07, 6.45) is 1.60. The molecule has 0 bridgehead atoms. The fourth-order valence-electron chi connectivity index (χ4n) is 2.88. The second-order valence-electron chi connectivity index (χ2n) is 7.16. The van der Waals surface area contributed by atoms with Gasteiger partial charge in [0.25, 0.3) is 15.9 Å². The summed E-state index contributed by atoms with van der Waals surface area (Å²) in [7, 11) is -3.84. The number of rotatable bonds is 6. The lowest BCUT2D eigenvalue weighted by Crippen LogP contribution is -2.19. The van der Waals surface area contributed by atoms with E-state index in [4.69, 9.17) is 0 Å². The van der Waals surface area contributed by atoms with Crippen LogP contribution in [-0.2, 0) is 10.0 Å². The van der Waals surface area contributed by atoms with E-state index in [1.807, 2.05) is 32.9 Å². The summed E-state index contributed by atoms with van der Waals surface area (Å²) in [6.45, 7) is 7.53. The summed E-state index contributed by atoms with van der Waals surface area (Å²) in [5, 5.41) is 6.97. The summed E-state index contributed by atoms with van der Waals surface area (Å²) in [5.41, 5.74) is 2.29. The van der Waals surface area contributed by atoms with Crippen molar-refractivity contribution in [2.24, 2.45) is 0 Å². The van der Waals surface area contributed by atoms with Crippen LogP contribution >= 0.6 is 0 Å². The second-order valence-corrected chi connectivity index (χ2v) is 8.81. The molecular weight excluding hydrogens is 388 g/mol. The fraction of sp³-hybridized carbons (Fsp3) is 0.238. The lowest BCUT2D eigenvalue weighted by Gasteiger charge is -2.14. The van der Waals surface area contributed by atoms with Crippen LogP contribution in [0.25, 0.3) is 0 Å². The number of carbonyl (C=O) groups excluding carboxylic acids is 1. The van der Waals surface area contributed by atoms with E-state index in [1.54, 1.807) is 48.1 Å². The molecule has 3 aromatic rings. The van der Waals surface area contributed by atoms with E-state index in [0.717, 1.165) is 5.56 Å². The largest absolute Gasteiger partial charge is 0.307 e. The minimum absolute atomic E-state index is 0.0584. The first-order valence-corrected chi connectivity index (χ1v) is 10.7. The Hall–Kier alpha value is -3.13. The lowest BCUT2D eigenvalue weighted by atomic mass is 10.1. The van der Waals surface area contributed by atoms with Gasteiger partial charge in [0.15, 0.2) is 0 Å². The van der Waals surface area contributed by atoms with Crippen LogP contribution in [0, 0.1) is 13.8 Å². The van der Waals surface area contributed by atoms with E-state index in [0.29, 0.717) is 17.1 Å². The van der Waals surface area contributed by atoms with E-state index in [1.165, 1.54) is 6.07 Å². The van der Waals surface area contributed by atoms with Crippen LogP contribution in [0.4, 0.5) is 11.5 Å². The Bertz CT molecular complexity index is 1130. The normalized spacial score (nSPS) is 11.5. The summed E-state index contributed by atoms with van der Waals surface area (Å²) >= 11 is 0. The van der Waals surface area contributed by atoms with Crippen molar-refractivity contribution in [3.63, 3.8) is 0 Å². The molecule has 0 unspecified atom stereocenters. The summed E-state index contributed by atoms with van der Waals surface area (Å²) in [5.74, 6) is 0.145. The number of hydrogen-bond acceptors (Lipinski definition) is 4. The molecule has 0 atom stereocenters. The van der Waals surface area contributed by atoms with Crippen molar-refractivity contribution in [3.05, 3.63) is 71.4 Å². The number of aryl methyl sites for hydroxylation is 2. The van der Waals surface area contributed by atoms with Crippen molar-refractivity contribution in [1.82, 2.24) is 9.78 Å². The average molecular weight is 413 g/mol. The van der Waals surface area contributed by atoms with Gasteiger partial charge in [-0.05, 0) is 57.5 Å². The maximum Gasteiger partial charge on any atom is 0.262 e. The molecule has 0 saturated heterocycles. The van der Waals surface area contributed by atoms with Crippen molar-refractivity contribution in [2.75, 3.05) is 10.0 Å². The molecule has 8 heteroatoms. The first kappa shape index (κ1) is 20.6. The highest BCUT2D eigenvalue weighted by Crippen LogP contribution is 2.22. The van der Waals surface area contributed by atoms with Gasteiger partial charge in [0, 0.05) is 23.4 Å². The number of sulfonamides is 1. The molecule has 7 nitrogen and oxygen atoms in total. The highest BCUT2D eigenvalue weighted by atomic mass is 32.2. The number of anilines is 2. The predicted molar refractivity (Wildman–Crippen MR) is 114 cm³/mol. The second kappa shape index (κ2) is 8.08. The average Bonchev–Trinajstić information content (AvgIpc) is 3.12. The zero-order valence-electron chi connectivity index (χ0n) is 16.8. The van der Waals surface area contributed by atoms with Gasteiger partial charge < -0.3 is 5.32 Å². The van der Waals surface area contributed by atoms with Gasteiger partial charge in [-0.25, -0.2) is 13.1 Å². The molecule has 0 fully saturated rings. The number of aromatic nitrogens is 2. The minimum atomic E-state index is -3.84. The Labute approximate surface area is 170 Å². The first-order valence-electron chi connectivity index (χ1n) is 9.22. The maximum atomic E-state index is 12.9. The predicted octanol–water partition coefficient (Wildman–Crippen LogP) is 4.13. The van der Waals surface area contributed by atoms with E-state index in [2.05, 4.69) is 15.1 Å². The Morgan fingerprint density at radius 2 is 1.72 bits per heavy atom. The van der Waals surface area contributed by atoms with Gasteiger partial charge in [-0.15, -0.1) is 0 Å². The third kappa shape index (κ3) is 4.65. The molecule has 0 saturated carbocycles. The third-order valence-electron chi connectivity index (χ3n) is 4.44. The highest BCUT2D eigenvalue weighted by molar-refractivity contribution is 7.92. The molecule has 0 aliphatic heterocycles. The number of amides is 1. The van der Waals surface area contributed by atoms with Gasteiger partial charge in [0.1, 0.15) is 5.82 Å². The molecule has 3 rings (SSSR count). The van der Waals surface area contributed by atoms with Crippen LogP contribution in [0.15, 0.2) is 59.6 Å². The molecule has 0 spiro atoms. The smallest absolute Gasteiger partial charge is 0.262 e. The third-order valence-corrected chi connectivity index (χ3v) is 5.97. The molecule has 0 radical (unpaired) electrons. The van der Waals surface area contributed by atoms with Gasteiger partial charge in [-0.2, -0.15) is 5.10 Å². The Morgan fingerprint density at radius 1 is 1.03 bits per heavy atom. The SMILES string of the molecule is Cc1ccc(NS(=O)(=O)c2cc(C(=O)Nc3ccnn3C(C)C)ccc2C)cc1. The molecule has 1 aromatic heterocycles. The lowest BCUT2D eigenvalue weighted by molar-refractivity contribution is 0.102. The molecule has 2 N–H and O–H groups in total. The van der Waals surface area contributed by atoms with E-state index >= 15 is 0 Å². The van der Waals surface area contributed by atoms with Gasteiger partial charge in [0.2, 0.25) is 0 Å². The molecule has 1 amide bonds. The standard InChI is InChI=1S/C21H24N4O3S/c1-14(2)25-20(11-12-22-25)23-21(26)17-8-7-16(4)19(13-17)29(27,28)24-18-9-5-15(3)6-10-18/h5-14,24H,1-4H3,(H,23,26). The molecule has 2 aromatic carbocycles. The van der Waals surface area contributed by atoms with Crippen LogP contribution in [0.1, 0.15) is 41.4 Å². The first-order chi connectivity index (χ1) is 13.7. The van der Waals surface area contributed by atoms with Gasteiger partial charge in [0.05, 0.1) is 11.1 Å². The number of benzene rings is 2. The van der Waals surface area contributed by atoms with Crippen molar-refractivity contribution in [3.8, 4) is 0 Å². The Balaban J connectivity index is 1.88. The van der Waals surface area contributed by atoms with Crippen LogP contribution in [0.3, 0.4) is 0 Å². The molecule has 1 heterocycles. The zero-order valence-corrected chi connectivity index (χ0v) is 17.6. The number of nitrogens with one attached hydrogen (secondary N) is 2. The topological polar surface area (TPSA) is 93.1 Å². The fourth-order valence-corrected chi connectivity index (χ4v) is 4.21. The Morgan fingerprint density at radius 3 is 2.38 bits per heavy atom. The molecule has 152 valence electrons. The zero-order chi connectivity index (χ0) is 21.2. The monoisotopic (exact) mass is 412 g/mol. The molecule has 29 heavy (non-hydrogen) atoms. The summed E-state index contributed by atoms with van der Waals surface area (Å²) < 4.78 is 30.0. The van der Waals surface area contributed by atoms with Gasteiger partial charge in [-0.1, -0.05) is 23.8 Å². The van der Waals surface area contributed by atoms with E-state index < -0.39 is 15.9 Å². The van der Waals surface area contributed by atoms with Crippen LogP contribution in [0.2, 0.25) is 0 Å². The van der Waals surface area contributed by atoms with Crippen molar-refractivity contribution < 1.29 is 13.2 Å². The van der Waals surface area contributed by atoms with Crippen LogP contribution in [0.5, 0.6) is 0 Å². The summed E-state index contributed by atoms with van der Waals surface area (Å²) in [4.78, 5) is 12.8. The van der Waals surface area contributed by atoms with Crippen LogP contribution < -0.4 is 10.0 Å². The van der Waals surface area contributed by atoms with Crippen LogP contribution in [-0.4, -0.2) is 24.1 Å². The van der Waals surface area contributed by atoms with Gasteiger partial charge in [-0.3, -0.25) is 9.52 Å². The van der Waals surface area contributed by atoms with Gasteiger partial charge >= 0.3 is 0 Å². The molecule has 0 aliphatic rings. The van der Waals surface area contributed by atoms with E-state index in [-0.39, 0.29) is 16.5 Å². The molecular formula is C21H24N4O3S. The Kier molecular flexibility index (Phi) is 5.74. The quantitative estimate of drug-likeness (QED) is 0.636. The number of nitrogens with zero attached hydrogens (tertiary/aromatic N) is 2. The maximum absolute atomic E-state index is 12.9. The van der Waals surface area contributed by atoms with E-state index in [9.17, 15) is 13.2 Å². The van der Waals surface area contributed by atoms with Crippen molar-refractivity contribution in [2.45, 2.75) is 38.6 Å². The van der Waals surface area contributed by atoms with Crippen molar-refractivity contribution >= 4 is 27.4 Å². The van der Waals surface area contributed by atoms with Crippen molar-refractivity contribution in [1.29, 1.82) is 0 Å². The number of carbonyl (C=O) groups is 1. The molecule has 0 aliphatic carbocycles. The summed E-state index contributed by atoms with van der Waals surface area (Å²) in [6, 6.07) is 13.4. The number of hydrogen-bond donors (Lipinski definition) is 2.